The van der Waals surface area contributed by atoms with E-state index in [9.17, 15) is 4.79 Å². The first-order valence-electron chi connectivity index (χ1n) is 14.7. The number of carbonyl (C=O) groups is 1. The van der Waals surface area contributed by atoms with Gasteiger partial charge < -0.3 is 19.2 Å². The molecular weight excluding hydrogens is 466 g/mol. The summed E-state index contributed by atoms with van der Waals surface area (Å²) in [6.07, 6.45) is 9.37. The number of nitrogens with zero attached hydrogens (tertiary/aromatic N) is 3. The molecule has 1 spiro atoms. The average Bonchev–Trinajstić information content (AvgIpc) is 3.57. The van der Waals surface area contributed by atoms with E-state index in [1.165, 1.54) is 37.7 Å². The largest absolute Gasteiger partial charge is 0.491 e. The minimum atomic E-state index is -0.197. The number of carbonyl (C=O) groups excluding carboxylic acids is 1. The van der Waals surface area contributed by atoms with Crippen molar-refractivity contribution in [3.05, 3.63) is 28.8 Å². The number of likely N-dealkylation sites (tertiary alicyclic amines) is 2. The maximum absolute atomic E-state index is 12.1. The highest BCUT2D eigenvalue weighted by Gasteiger charge is 2.51. The van der Waals surface area contributed by atoms with E-state index in [1.807, 2.05) is 6.92 Å². The van der Waals surface area contributed by atoms with Crippen LogP contribution in [0.5, 0.6) is 5.75 Å². The van der Waals surface area contributed by atoms with Gasteiger partial charge in [0.25, 0.3) is 0 Å². The van der Waals surface area contributed by atoms with Gasteiger partial charge in [-0.3, -0.25) is 9.69 Å². The highest BCUT2D eigenvalue weighted by molar-refractivity contribution is 5.84. The van der Waals surface area contributed by atoms with Crippen LogP contribution in [-0.4, -0.2) is 66.1 Å². The molecule has 37 heavy (non-hydrogen) atoms. The lowest BCUT2D eigenvalue weighted by Gasteiger charge is -2.46. The monoisotopic (exact) mass is 509 g/mol. The normalized spacial score (nSPS) is 24.0. The molecule has 7 heteroatoms. The Labute approximate surface area is 221 Å². The fourth-order valence-corrected chi connectivity index (χ4v) is 6.56. The molecule has 0 amide bonds. The van der Waals surface area contributed by atoms with Crippen LogP contribution in [0.3, 0.4) is 0 Å². The van der Waals surface area contributed by atoms with Crippen LogP contribution in [0.4, 0.5) is 0 Å². The van der Waals surface area contributed by atoms with Gasteiger partial charge in [0.05, 0.1) is 25.0 Å². The summed E-state index contributed by atoms with van der Waals surface area (Å²) in [5, 5.41) is 4.51. The highest BCUT2D eigenvalue weighted by atomic mass is 16.7. The predicted molar refractivity (Wildman–Crippen MR) is 143 cm³/mol. The van der Waals surface area contributed by atoms with E-state index in [0.29, 0.717) is 6.61 Å². The minimum absolute atomic E-state index is 0.0192. The lowest BCUT2D eigenvalue weighted by molar-refractivity contribution is -0.149. The van der Waals surface area contributed by atoms with Crippen molar-refractivity contribution in [3.8, 4) is 5.75 Å². The van der Waals surface area contributed by atoms with Gasteiger partial charge in [0.1, 0.15) is 11.6 Å². The summed E-state index contributed by atoms with van der Waals surface area (Å²) in [5.74, 6) is 3.58. The quantitative estimate of drug-likeness (QED) is 0.450. The standard InChI is InChI=1S/C30H43N3O4/c1-4-35-29(34)23-10-12-33(13-11-23)28-16-30(37-31-28)18-32(19-30)17-24-14-25(22-8-9-22)26(21-6-5-7-21)15-27(24)36-20(2)3/h14-15,20-23H,4-13,16-19H2,1-3H3. The van der Waals surface area contributed by atoms with Crippen LogP contribution in [0.1, 0.15) is 101 Å². The number of amidine groups is 1. The van der Waals surface area contributed by atoms with E-state index in [1.54, 1.807) is 11.1 Å². The van der Waals surface area contributed by atoms with Crippen LogP contribution < -0.4 is 4.74 Å². The van der Waals surface area contributed by atoms with Crippen molar-refractivity contribution < 1.29 is 19.1 Å². The van der Waals surface area contributed by atoms with Crippen LogP contribution in [0.25, 0.3) is 0 Å². The van der Waals surface area contributed by atoms with Gasteiger partial charge in [0.2, 0.25) is 0 Å². The smallest absolute Gasteiger partial charge is 0.309 e. The highest BCUT2D eigenvalue weighted by Crippen LogP contribution is 2.49. The molecule has 1 aromatic carbocycles. The van der Waals surface area contributed by atoms with Crippen molar-refractivity contribution in [1.82, 2.24) is 9.80 Å². The van der Waals surface area contributed by atoms with Gasteiger partial charge in [0, 0.05) is 38.3 Å². The van der Waals surface area contributed by atoms with Crippen molar-refractivity contribution in [2.45, 2.75) is 102 Å². The van der Waals surface area contributed by atoms with Crippen LogP contribution in [0.2, 0.25) is 0 Å². The summed E-state index contributed by atoms with van der Waals surface area (Å²) in [6.45, 7) is 11.0. The SMILES string of the molecule is CCOC(=O)C1CCN(C2=NOC3(C2)CN(Cc2cc(C4CC4)c(C4CCC4)cc2OC(C)C)C3)CC1. The Morgan fingerprint density at radius 3 is 2.41 bits per heavy atom. The van der Waals surface area contributed by atoms with Gasteiger partial charge >= 0.3 is 5.97 Å². The maximum atomic E-state index is 12.1. The van der Waals surface area contributed by atoms with E-state index in [4.69, 9.17) is 14.3 Å². The molecule has 0 unspecified atom stereocenters. The van der Waals surface area contributed by atoms with Crippen LogP contribution in [-0.2, 0) is 20.9 Å². The lowest BCUT2D eigenvalue weighted by atomic mass is 9.77. The molecule has 4 fully saturated rings. The van der Waals surface area contributed by atoms with Crippen LogP contribution >= 0.6 is 0 Å². The van der Waals surface area contributed by atoms with Gasteiger partial charge in [-0.2, -0.15) is 0 Å². The third kappa shape index (κ3) is 5.21. The summed E-state index contributed by atoms with van der Waals surface area (Å²) in [4.78, 5) is 22.9. The zero-order valence-electron chi connectivity index (χ0n) is 22.8. The molecule has 2 saturated heterocycles. The molecule has 1 aromatic rings. The molecule has 6 rings (SSSR count). The number of oxime groups is 1. The zero-order chi connectivity index (χ0) is 25.6. The summed E-state index contributed by atoms with van der Waals surface area (Å²) < 4.78 is 11.6. The Bertz CT molecular complexity index is 1030. The van der Waals surface area contributed by atoms with Gasteiger partial charge in [-0.1, -0.05) is 17.6 Å². The third-order valence-electron chi connectivity index (χ3n) is 8.91. The zero-order valence-corrected chi connectivity index (χ0v) is 22.8. The van der Waals surface area contributed by atoms with E-state index < -0.39 is 0 Å². The van der Waals surface area contributed by atoms with Gasteiger partial charge in [0.15, 0.2) is 5.60 Å². The minimum Gasteiger partial charge on any atom is -0.491 e. The summed E-state index contributed by atoms with van der Waals surface area (Å²) in [5.41, 5.74) is 4.29. The van der Waals surface area contributed by atoms with Gasteiger partial charge in [-0.15, -0.1) is 0 Å². The Morgan fingerprint density at radius 2 is 1.78 bits per heavy atom. The molecule has 5 aliphatic rings. The molecule has 202 valence electrons. The number of rotatable bonds is 8. The molecule has 0 bridgehead atoms. The van der Waals surface area contributed by atoms with Crippen molar-refractivity contribution >= 4 is 11.8 Å². The van der Waals surface area contributed by atoms with Gasteiger partial charge in [-0.25, -0.2) is 0 Å². The predicted octanol–water partition coefficient (Wildman–Crippen LogP) is 5.18. The molecule has 0 aromatic heterocycles. The van der Waals surface area contributed by atoms with Crippen LogP contribution in [0.15, 0.2) is 17.3 Å². The van der Waals surface area contributed by atoms with Crippen LogP contribution in [0, 0.1) is 5.92 Å². The molecule has 2 aliphatic carbocycles. The summed E-state index contributed by atoms with van der Waals surface area (Å²) in [7, 11) is 0. The Hall–Kier alpha value is -2.28. The Kier molecular flexibility index (Phi) is 6.85. The third-order valence-corrected chi connectivity index (χ3v) is 8.91. The fraction of sp³-hybridized carbons (Fsp3) is 0.733. The molecule has 0 radical (unpaired) electrons. The number of ether oxygens (including phenoxy) is 2. The number of esters is 1. The van der Waals surface area contributed by atoms with Gasteiger partial charge in [-0.05, 0) is 88.3 Å². The first-order valence-corrected chi connectivity index (χ1v) is 14.7. The number of hydrogen-bond acceptors (Lipinski definition) is 7. The maximum Gasteiger partial charge on any atom is 0.309 e. The van der Waals surface area contributed by atoms with E-state index in [2.05, 4.69) is 40.9 Å². The number of hydrogen-bond donors (Lipinski definition) is 0. The van der Waals surface area contributed by atoms with Crippen molar-refractivity contribution in [2.75, 3.05) is 32.8 Å². The molecule has 3 heterocycles. The van der Waals surface area contributed by atoms with E-state index in [0.717, 1.165) is 75.4 Å². The average molecular weight is 510 g/mol. The van der Waals surface area contributed by atoms with E-state index in [-0.39, 0.29) is 23.6 Å². The Balaban J connectivity index is 1.07. The second-order valence-electron chi connectivity index (χ2n) is 12.3. The number of benzene rings is 1. The second-order valence-corrected chi connectivity index (χ2v) is 12.3. The first-order chi connectivity index (χ1) is 17.9. The molecule has 3 aliphatic heterocycles. The number of piperidine rings is 1. The van der Waals surface area contributed by atoms with Crippen molar-refractivity contribution in [3.63, 3.8) is 0 Å². The Morgan fingerprint density at radius 1 is 1.08 bits per heavy atom. The fourth-order valence-electron chi connectivity index (χ4n) is 6.56. The molecular formula is C30H43N3O4. The molecule has 0 atom stereocenters. The molecule has 7 nitrogen and oxygen atoms in total. The van der Waals surface area contributed by atoms with E-state index >= 15 is 0 Å². The topological polar surface area (TPSA) is 63.6 Å². The molecule has 0 N–H and O–H groups in total. The second kappa shape index (κ2) is 10.1. The lowest BCUT2D eigenvalue weighted by Crippen LogP contribution is -2.61. The van der Waals surface area contributed by atoms with Crippen molar-refractivity contribution in [2.24, 2.45) is 11.1 Å². The summed E-state index contributed by atoms with van der Waals surface area (Å²) >= 11 is 0. The molecule has 2 saturated carbocycles. The van der Waals surface area contributed by atoms with Crippen molar-refractivity contribution in [1.29, 1.82) is 0 Å². The first kappa shape index (κ1) is 25.0. The summed E-state index contributed by atoms with van der Waals surface area (Å²) in [6, 6.07) is 4.88.